The van der Waals surface area contributed by atoms with Gasteiger partial charge in [0.1, 0.15) is 4.90 Å². The average Bonchev–Trinajstić information content (AvgIpc) is 2.64. The number of halogens is 2. The van der Waals surface area contributed by atoms with Crippen LogP contribution in [0.4, 0.5) is 4.39 Å². The van der Waals surface area contributed by atoms with Gasteiger partial charge in [-0.25, -0.2) is 12.8 Å². The van der Waals surface area contributed by atoms with Crippen molar-refractivity contribution in [2.75, 3.05) is 6.54 Å². The molecular formula is C11H14ClFN2O2S. The summed E-state index contributed by atoms with van der Waals surface area (Å²) >= 11 is 5.61. The van der Waals surface area contributed by atoms with Crippen molar-refractivity contribution in [2.45, 2.75) is 30.3 Å². The van der Waals surface area contributed by atoms with Crippen LogP contribution in [0.25, 0.3) is 0 Å². The Bertz CT molecular complexity index is 564. The van der Waals surface area contributed by atoms with E-state index in [0.29, 0.717) is 13.0 Å². The van der Waals surface area contributed by atoms with E-state index in [1.807, 2.05) is 0 Å². The number of hydrogen-bond donors (Lipinski definition) is 1. The number of sulfonamides is 1. The molecule has 18 heavy (non-hydrogen) atoms. The highest BCUT2D eigenvalue weighted by Gasteiger charge is 2.38. The van der Waals surface area contributed by atoms with Gasteiger partial charge in [-0.2, -0.15) is 4.31 Å². The van der Waals surface area contributed by atoms with E-state index in [9.17, 15) is 12.8 Å². The van der Waals surface area contributed by atoms with E-state index in [1.165, 1.54) is 22.5 Å². The third kappa shape index (κ3) is 2.14. The Morgan fingerprint density at radius 3 is 2.72 bits per heavy atom. The zero-order chi connectivity index (χ0) is 13.5. The molecule has 0 spiro atoms. The minimum atomic E-state index is -3.88. The Labute approximate surface area is 111 Å². The summed E-state index contributed by atoms with van der Waals surface area (Å²) < 4.78 is 39.7. The molecule has 1 saturated heterocycles. The normalized spacial score (nSPS) is 25.6. The van der Waals surface area contributed by atoms with Gasteiger partial charge >= 0.3 is 0 Å². The van der Waals surface area contributed by atoms with Crippen molar-refractivity contribution < 1.29 is 12.8 Å². The van der Waals surface area contributed by atoms with Gasteiger partial charge in [-0.3, -0.25) is 0 Å². The molecule has 2 unspecified atom stereocenters. The van der Waals surface area contributed by atoms with Gasteiger partial charge in [0.25, 0.3) is 0 Å². The van der Waals surface area contributed by atoms with Gasteiger partial charge in [0.15, 0.2) is 5.82 Å². The van der Waals surface area contributed by atoms with Gasteiger partial charge in [0.2, 0.25) is 10.0 Å². The largest absolute Gasteiger partial charge is 0.326 e. The highest BCUT2D eigenvalue weighted by atomic mass is 35.5. The molecule has 1 heterocycles. The van der Waals surface area contributed by atoms with Crippen LogP contribution >= 0.6 is 11.6 Å². The predicted molar refractivity (Wildman–Crippen MR) is 67.4 cm³/mol. The summed E-state index contributed by atoms with van der Waals surface area (Å²) in [4.78, 5) is -0.393. The highest BCUT2D eigenvalue weighted by molar-refractivity contribution is 7.89. The first-order valence-electron chi connectivity index (χ1n) is 5.57. The first-order chi connectivity index (χ1) is 8.35. The first kappa shape index (κ1) is 13.7. The van der Waals surface area contributed by atoms with Crippen molar-refractivity contribution >= 4 is 21.6 Å². The lowest BCUT2D eigenvalue weighted by Crippen LogP contribution is -2.40. The molecule has 2 N–H and O–H groups in total. The molecule has 100 valence electrons. The second-order valence-electron chi connectivity index (χ2n) is 4.36. The van der Waals surface area contributed by atoms with Crippen LogP contribution in [0.5, 0.6) is 0 Å². The molecule has 0 aromatic heterocycles. The summed E-state index contributed by atoms with van der Waals surface area (Å²) in [5, 5.41) is -0.202. The Kier molecular flexibility index (Phi) is 3.64. The third-order valence-corrected chi connectivity index (χ3v) is 5.56. The topological polar surface area (TPSA) is 63.4 Å². The summed E-state index contributed by atoms with van der Waals surface area (Å²) in [5.74, 6) is -0.910. The van der Waals surface area contributed by atoms with Crippen molar-refractivity contribution in [1.82, 2.24) is 4.31 Å². The van der Waals surface area contributed by atoms with Crippen molar-refractivity contribution in [3.8, 4) is 0 Å². The molecule has 0 bridgehead atoms. The Morgan fingerprint density at radius 1 is 1.50 bits per heavy atom. The Hall–Kier alpha value is -0.690. The van der Waals surface area contributed by atoms with Crippen LogP contribution in [0.15, 0.2) is 23.1 Å². The molecule has 1 aromatic rings. The summed E-state index contributed by atoms with van der Waals surface area (Å²) in [6.07, 6.45) is 0.572. The number of rotatable bonds is 2. The van der Waals surface area contributed by atoms with Gasteiger partial charge < -0.3 is 5.73 Å². The number of nitrogens with two attached hydrogens (primary N) is 1. The van der Waals surface area contributed by atoms with Crippen LogP contribution in [-0.4, -0.2) is 31.4 Å². The fourth-order valence-corrected chi connectivity index (χ4v) is 4.09. The molecule has 2 rings (SSSR count). The van der Waals surface area contributed by atoms with Gasteiger partial charge in [-0.1, -0.05) is 17.7 Å². The molecule has 1 aliphatic rings. The fourth-order valence-electron chi connectivity index (χ4n) is 2.08. The lowest BCUT2D eigenvalue weighted by atomic mass is 10.2. The maximum absolute atomic E-state index is 13.8. The highest BCUT2D eigenvalue weighted by Crippen LogP contribution is 2.29. The van der Waals surface area contributed by atoms with Gasteiger partial charge in [-0.15, -0.1) is 0 Å². The van der Waals surface area contributed by atoms with Crippen molar-refractivity contribution in [3.63, 3.8) is 0 Å². The minimum absolute atomic E-state index is 0.202. The maximum atomic E-state index is 13.8. The van der Waals surface area contributed by atoms with Crippen LogP contribution in [0.1, 0.15) is 13.3 Å². The standard InChI is InChI=1S/C11H14ClFN2O2S/c1-7-9(14)5-6-15(7)18(16,17)10-4-2-3-8(12)11(10)13/h2-4,7,9H,5-6,14H2,1H3. The Balaban J connectivity index is 2.46. The second-order valence-corrected chi connectivity index (χ2v) is 6.63. The van der Waals surface area contributed by atoms with E-state index in [0.717, 1.165) is 0 Å². The molecular weight excluding hydrogens is 279 g/mol. The molecule has 2 atom stereocenters. The van der Waals surface area contributed by atoms with Crippen LogP contribution < -0.4 is 5.73 Å². The van der Waals surface area contributed by atoms with E-state index in [4.69, 9.17) is 17.3 Å². The van der Waals surface area contributed by atoms with Gasteiger partial charge in [0.05, 0.1) is 5.02 Å². The monoisotopic (exact) mass is 292 g/mol. The fraction of sp³-hybridized carbons (Fsp3) is 0.455. The van der Waals surface area contributed by atoms with E-state index in [-0.39, 0.29) is 17.1 Å². The van der Waals surface area contributed by atoms with E-state index in [2.05, 4.69) is 0 Å². The zero-order valence-corrected chi connectivity index (χ0v) is 11.4. The van der Waals surface area contributed by atoms with Crippen LogP contribution in [0.2, 0.25) is 5.02 Å². The van der Waals surface area contributed by atoms with Gasteiger partial charge in [-0.05, 0) is 25.5 Å². The van der Waals surface area contributed by atoms with Crippen LogP contribution in [-0.2, 0) is 10.0 Å². The van der Waals surface area contributed by atoms with E-state index < -0.39 is 20.7 Å². The zero-order valence-electron chi connectivity index (χ0n) is 9.81. The molecule has 1 aliphatic heterocycles. The quantitative estimate of drug-likeness (QED) is 0.900. The van der Waals surface area contributed by atoms with Crippen LogP contribution in [0.3, 0.4) is 0 Å². The second kappa shape index (κ2) is 4.77. The average molecular weight is 293 g/mol. The minimum Gasteiger partial charge on any atom is -0.326 e. The summed E-state index contributed by atoms with van der Waals surface area (Å²) in [5.41, 5.74) is 5.79. The number of benzene rings is 1. The Morgan fingerprint density at radius 2 is 2.17 bits per heavy atom. The van der Waals surface area contributed by atoms with E-state index in [1.54, 1.807) is 6.92 Å². The van der Waals surface area contributed by atoms with Crippen molar-refractivity contribution in [2.24, 2.45) is 5.73 Å². The lowest BCUT2D eigenvalue weighted by Gasteiger charge is -2.22. The number of nitrogens with zero attached hydrogens (tertiary/aromatic N) is 1. The first-order valence-corrected chi connectivity index (χ1v) is 7.39. The molecule has 4 nitrogen and oxygen atoms in total. The SMILES string of the molecule is CC1C(N)CCN1S(=O)(=O)c1cccc(Cl)c1F. The smallest absolute Gasteiger partial charge is 0.246 e. The van der Waals surface area contributed by atoms with Crippen LogP contribution in [0, 0.1) is 5.82 Å². The molecule has 0 amide bonds. The third-order valence-electron chi connectivity index (χ3n) is 3.26. The molecule has 0 aliphatic carbocycles. The summed E-state index contributed by atoms with van der Waals surface area (Å²) in [6.45, 7) is 2.02. The number of hydrogen-bond acceptors (Lipinski definition) is 3. The predicted octanol–water partition coefficient (Wildman–Crippen LogP) is 1.59. The van der Waals surface area contributed by atoms with Crippen molar-refractivity contribution in [1.29, 1.82) is 0 Å². The van der Waals surface area contributed by atoms with Gasteiger partial charge in [0, 0.05) is 18.6 Å². The van der Waals surface area contributed by atoms with Crippen molar-refractivity contribution in [3.05, 3.63) is 29.0 Å². The molecule has 1 aromatic carbocycles. The lowest BCUT2D eigenvalue weighted by molar-refractivity contribution is 0.390. The molecule has 1 fully saturated rings. The summed E-state index contributed by atoms with van der Waals surface area (Å²) in [7, 11) is -3.88. The molecule has 0 saturated carbocycles. The van der Waals surface area contributed by atoms with E-state index >= 15 is 0 Å². The summed E-state index contributed by atoms with van der Waals surface area (Å²) in [6, 6.07) is 3.39. The molecule has 7 heteroatoms. The molecule has 0 radical (unpaired) electrons. The maximum Gasteiger partial charge on any atom is 0.246 e.